The van der Waals surface area contributed by atoms with Gasteiger partial charge in [0.1, 0.15) is 0 Å². The van der Waals surface area contributed by atoms with Crippen LogP contribution in [0.3, 0.4) is 0 Å². The van der Waals surface area contributed by atoms with Gasteiger partial charge in [-0.1, -0.05) is 49.4 Å². The number of rotatable bonds is 4. The third-order valence-corrected chi connectivity index (χ3v) is 3.87. The maximum atomic E-state index is 10.3. The van der Waals surface area contributed by atoms with Crippen molar-refractivity contribution in [3.05, 3.63) is 69.3 Å². The van der Waals surface area contributed by atoms with E-state index >= 15 is 0 Å². The van der Waals surface area contributed by atoms with Crippen molar-refractivity contribution in [3.63, 3.8) is 0 Å². The van der Waals surface area contributed by atoms with Crippen LogP contribution in [0, 0.1) is 9.49 Å². The summed E-state index contributed by atoms with van der Waals surface area (Å²) in [6.07, 6.45) is 0.498. The lowest BCUT2D eigenvalue weighted by atomic mass is 9.91. The molecule has 2 rings (SSSR count). The molecule has 0 aliphatic rings. The Kier molecular flexibility index (Phi) is 4.78. The average Bonchev–Trinajstić information content (AvgIpc) is 2.41. The summed E-state index contributed by atoms with van der Waals surface area (Å²) in [5.74, 6) is 0.215. The molecule has 0 saturated heterocycles. The first-order valence-corrected chi connectivity index (χ1v) is 7.22. The molecule has 1 nitrogen and oxygen atoms in total. The quantitative estimate of drug-likeness (QED) is 0.818. The summed E-state index contributed by atoms with van der Waals surface area (Å²) in [5, 5.41) is 10.3. The molecule has 18 heavy (non-hydrogen) atoms. The molecule has 0 aromatic heterocycles. The number of hydrogen-bond acceptors (Lipinski definition) is 1. The third-order valence-electron chi connectivity index (χ3n) is 3.15. The summed E-state index contributed by atoms with van der Waals surface area (Å²) in [6, 6.07) is 18.4. The van der Waals surface area contributed by atoms with Crippen LogP contribution in [0.5, 0.6) is 0 Å². The second kappa shape index (κ2) is 6.34. The molecule has 0 fully saturated rings. The van der Waals surface area contributed by atoms with Crippen LogP contribution in [0.25, 0.3) is 0 Å². The monoisotopic (exact) mass is 352 g/mol. The molecule has 0 saturated carbocycles. The fourth-order valence-corrected chi connectivity index (χ4v) is 2.44. The number of benzene rings is 2. The van der Waals surface area contributed by atoms with Gasteiger partial charge < -0.3 is 5.11 Å². The van der Waals surface area contributed by atoms with Gasteiger partial charge in [-0.05, 0) is 58.2 Å². The van der Waals surface area contributed by atoms with Gasteiger partial charge in [-0.3, -0.25) is 0 Å². The zero-order valence-electron chi connectivity index (χ0n) is 10.4. The topological polar surface area (TPSA) is 20.2 Å². The van der Waals surface area contributed by atoms with Crippen molar-refractivity contribution < 1.29 is 5.11 Å². The Morgan fingerprint density at radius 1 is 1.00 bits per heavy atom. The van der Waals surface area contributed by atoms with Gasteiger partial charge in [0.25, 0.3) is 0 Å². The van der Waals surface area contributed by atoms with Gasteiger partial charge in [-0.15, -0.1) is 0 Å². The van der Waals surface area contributed by atoms with Gasteiger partial charge in [-0.25, -0.2) is 0 Å². The largest absolute Gasteiger partial charge is 0.388 e. The second-order valence-corrected chi connectivity index (χ2v) is 5.91. The Bertz CT molecular complexity index is 478. The molecular weight excluding hydrogens is 335 g/mol. The van der Waals surface area contributed by atoms with E-state index in [4.69, 9.17) is 0 Å². The summed E-state index contributed by atoms with van der Waals surface area (Å²) < 4.78 is 1.24. The molecule has 2 atom stereocenters. The van der Waals surface area contributed by atoms with E-state index in [1.807, 2.05) is 30.3 Å². The summed E-state index contributed by atoms with van der Waals surface area (Å²) in [5.41, 5.74) is 2.27. The van der Waals surface area contributed by atoms with Crippen molar-refractivity contribution in [3.8, 4) is 0 Å². The van der Waals surface area contributed by atoms with Gasteiger partial charge >= 0.3 is 0 Å². The highest BCUT2D eigenvalue weighted by molar-refractivity contribution is 14.1. The first-order valence-electron chi connectivity index (χ1n) is 6.14. The van der Waals surface area contributed by atoms with Gasteiger partial charge in [0.15, 0.2) is 0 Å². The SMILES string of the molecule is CC(Cc1ccc(I)cc1)C(O)c1ccccc1. The zero-order valence-corrected chi connectivity index (χ0v) is 12.5. The van der Waals surface area contributed by atoms with Gasteiger partial charge in [-0.2, -0.15) is 0 Å². The molecule has 94 valence electrons. The van der Waals surface area contributed by atoms with Crippen LogP contribution in [-0.2, 0) is 6.42 Å². The molecule has 0 radical (unpaired) electrons. The number of halogens is 1. The molecule has 1 N–H and O–H groups in total. The Morgan fingerprint density at radius 3 is 2.22 bits per heavy atom. The molecule has 0 bridgehead atoms. The minimum atomic E-state index is -0.398. The second-order valence-electron chi connectivity index (χ2n) is 4.66. The van der Waals surface area contributed by atoms with Crippen molar-refractivity contribution in [2.24, 2.45) is 5.92 Å². The highest BCUT2D eigenvalue weighted by Gasteiger charge is 2.16. The number of aliphatic hydroxyl groups is 1. The van der Waals surface area contributed by atoms with Crippen molar-refractivity contribution >= 4 is 22.6 Å². The highest BCUT2D eigenvalue weighted by Crippen LogP contribution is 2.24. The maximum absolute atomic E-state index is 10.3. The Hall–Kier alpha value is -0.870. The van der Waals surface area contributed by atoms with E-state index in [-0.39, 0.29) is 5.92 Å². The Balaban J connectivity index is 2.03. The van der Waals surface area contributed by atoms with Crippen molar-refractivity contribution in [1.82, 2.24) is 0 Å². The molecule has 0 spiro atoms. The maximum Gasteiger partial charge on any atom is 0.0818 e. The molecule has 0 amide bonds. The van der Waals surface area contributed by atoms with E-state index in [1.54, 1.807) is 0 Å². The summed E-state index contributed by atoms with van der Waals surface area (Å²) in [4.78, 5) is 0. The average molecular weight is 352 g/mol. The summed E-state index contributed by atoms with van der Waals surface area (Å²) in [6.45, 7) is 2.09. The fourth-order valence-electron chi connectivity index (χ4n) is 2.08. The normalized spacial score (nSPS) is 14.2. The van der Waals surface area contributed by atoms with E-state index in [0.717, 1.165) is 12.0 Å². The zero-order chi connectivity index (χ0) is 13.0. The van der Waals surface area contributed by atoms with Crippen LogP contribution in [0.15, 0.2) is 54.6 Å². The van der Waals surface area contributed by atoms with E-state index in [9.17, 15) is 5.11 Å². The van der Waals surface area contributed by atoms with Crippen LogP contribution >= 0.6 is 22.6 Å². The third kappa shape index (κ3) is 3.56. The smallest absolute Gasteiger partial charge is 0.0818 e. The van der Waals surface area contributed by atoms with Gasteiger partial charge in [0, 0.05) is 3.57 Å². The predicted octanol–water partition coefficient (Wildman–Crippen LogP) is 4.20. The lowest BCUT2D eigenvalue weighted by Crippen LogP contribution is -2.11. The van der Waals surface area contributed by atoms with Crippen LogP contribution < -0.4 is 0 Å². The lowest BCUT2D eigenvalue weighted by Gasteiger charge is -2.19. The van der Waals surface area contributed by atoms with E-state index in [2.05, 4.69) is 53.8 Å². The lowest BCUT2D eigenvalue weighted by molar-refractivity contribution is 0.117. The summed E-state index contributed by atoms with van der Waals surface area (Å²) in [7, 11) is 0. The molecular formula is C16H17IO. The van der Waals surface area contributed by atoms with Crippen molar-refractivity contribution in [2.75, 3.05) is 0 Å². The summed E-state index contributed by atoms with van der Waals surface area (Å²) >= 11 is 2.30. The minimum absolute atomic E-state index is 0.215. The van der Waals surface area contributed by atoms with Crippen LogP contribution in [0.4, 0.5) is 0 Å². The number of hydrogen-bond donors (Lipinski definition) is 1. The van der Waals surface area contributed by atoms with E-state index in [1.165, 1.54) is 9.13 Å². The molecule has 0 aliphatic heterocycles. The van der Waals surface area contributed by atoms with Crippen molar-refractivity contribution in [1.29, 1.82) is 0 Å². The molecule has 2 unspecified atom stereocenters. The van der Waals surface area contributed by atoms with E-state index < -0.39 is 6.10 Å². The standard InChI is InChI=1S/C16H17IO/c1-12(11-13-7-9-15(17)10-8-13)16(18)14-5-3-2-4-6-14/h2-10,12,16,18H,11H2,1H3. The van der Waals surface area contributed by atoms with Crippen LogP contribution in [-0.4, -0.2) is 5.11 Å². The fraction of sp³-hybridized carbons (Fsp3) is 0.250. The first kappa shape index (κ1) is 13.6. The van der Waals surface area contributed by atoms with Crippen molar-refractivity contribution in [2.45, 2.75) is 19.4 Å². The molecule has 0 aliphatic carbocycles. The molecule has 0 heterocycles. The van der Waals surface area contributed by atoms with Gasteiger partial charge in [0.2, 0.25) is 0 Å². The van der Waals surface area contributed by atoms with E-state index in [0.29, 0.717) is 0 Å². The number of aliphatic hydroxyl groups excluding tert-OH is 1. The molecule has 2 aromatic rings. The van der Waals surface area contributed by atoms with Crippen LogP contribution in [0.2, 0.25) is 0 Å². The predicted molar refractivity (Wildman–Crippen MR) is 83.4 cm³/mol. The van der Waals surface area contributed by atoms with Crippen LogP contribution in [0.1, 0.15) is 24.2 Å². The Morgan fingerprint density at radius 2 is 1.61 bits per heavy atom. The van der Waals surface area contributed by atoms with Gasteiger partial charge in [0.05, 0.1) is 6.10 Å². The first-order chi connectivity index (χ1) is 8.66. The minimum Gasteiger partial charge on any atom is -0.388 e. The molecule has 2 heteroatoms. The Labute approximate surface area is 122 Å². The highest BCUT2D eigenvalue weighted by atomic mass is 127. The molecule has 2 aromatic carbocycles.